The Morgan fingerprint density at radius 1 is 1.23 bits per heavy atom. The zero-order valence-electron chi connectivity index (χ0n) is 13.7. The predicted molar refractivity (Wildman–Crippen MR) is 90.4 cm³/mol. The highest BCUT2D eigenvalue weighted by Gasteiger charge is 2.34. The fraction of sp³-hybridized carbons (Fsp3) is 0.474. The predicted octanol–water partition coefficient (Wildman–Crippen LogP) is 4.28. The maximum absolute atomic E-state index is 12.5. The molecule has 118 valence electrons. The smallest absolute Gasteiger partial charge is 0.168 e. The van der Waals surface area contributed by atoms with E-state index in [1.54, 1.807) is 0 Å². The van der Waals surface area contributed by atoms with E-state index in [4.69, 9.17) is 0 Å². The molecule has 3 nitrogen and oxygen atoms in total. The number of Topliss-reactive ketones (excluding diaryl/α,β-unsaturated/α-hetero) is 1. The van der Waals surface area contributed by atoms with Gasteiger partial charge < -0.3 is 5.11 Å². The molecule has 0 bridgehead atoms. The van der Waals surface area contributed by atoms with Gasteiger partial charge in [-0.2, -0.15) is 0 Å². The first-order valence-electron chi connectivity index (χ1n) is 7.96. The van der Waals surface area contributed by atoms with Crippen molar-refractivity contribution in [3.05, 3.63) is 47.2 Å². The summed E-state index contributed by atoms with van der Waals surface area (Å²) in [7, 11) is 0. The van der Waals surface area contributed by atoms with E-state index < -0.39 is 0 Å². The molecule has 0 saturated carbocycles. The molecule has 0 aliphatic heterocycles. The van der Waals surface area contributed by atoms with Crippen LogP contribution < -0.4 is 0 Å². The van der Waals surface area contributed by atoms with Crippen LogP contribution in [0, 0.1) is 5.41 Å². The van der Waals surface area contributed by atoms with E-state index in [-0.39, 0.29) is 17.0 Å². The van der Waals surface area contributed by atoms with Gasteiger partial charge in [0.25, 0.3) is 0 Å². The van der Waals surface area contributed by atoms with Gasteiger partial charge in [0.2, 0.25) is 0 Å². The average Bonchev–Trinajstić information content (AvgIpc) is 2.43. The number of hydrogen-bond donors (Lipinski definition) is 1. The minimum absolute atomic E-state index is 0.0135. The van der Waals surface area contributed by atoms with Crippen molar-refractivity contribution in [2.24, 2.45) is 10.4 Å². The van der Waals surface area contributed by atoms with Gasteiger partial charge in [0, 0.05) is 25.8 Å². The second-order valence-corrected chi connectivity index (χ2v) is 6.75. The van der Waals surface area contributed by atoms with E-state index in [0.29, 0.717) is 31.4 Å². The topological polar surface area (TPSA) is 49.7 Å². The van der Waals surface area contributed by atoms with Crippen LogP contribution in [0.3, 0.4) is 0 Å². The molecule has 0 aromatic heterocycles. The lowest BCUT2D eigenvalue weighted by molar-refractivity contribution is -0.117. The van der Waals surface area contributed by atoms with Gasteiger partial charge in [0.1, 0.15) is 5.76 Å². The maximum atomic E-state index is 12.5. The molecule has 0 fully saturated rings. The number of aliphatic hydroxyl groups excluding tert-OH is 1. The molecular formula is C19H25NO2. The summed E-state index contributed by atoms with van der Waals surface area (Å²) in [5.41, 5.74) is 2.12. The van der Waals surface area contributed by atoms with Crippen molar-refractivity contribution in [2.75, 3.05) is 6.54 Å². The molecule has 0 atom stereocenters. The number of carbonyl (C=O) groups excluding carboxylic acids is 1. The van der Waals surface area contributed by atoms with Crippen molar-refractivity contribution in [3.63, 3.8) is 0 Å². The number of aliphatic hydroxyl groups is 1. The number of carbonyl (C=O) groups is 1. The summed E-state index contributed by atoms with van der Waals surface area (Å²) < 4.78 is 0. The molecule has 0 radical (unpaired) electrons. The van der Waals surface area contributed by atoms with Crippen molar-refractivity contribution in [1.29, 1.82) is 0 Å². The molecule has 22 heavy (non-hydrogen) atoms. The summed E-state index contributed by atoms with van der Waals surface area (Å²) in [5.74, 6) is 0.214. The third kappa shape index (κ3) is 4.06. The van der Waals surface area contributed by atoms with Crippen molar-refractivity contribution in [3.8, 4) is 0 Å². The second kappa shape index (κ2) is 6.91. The Morgan fingerprint density at radius 2 is 1.91 bits per heavy atom. The van der Waals surface area contributed by atoms with Crippen LogP contribution in [0.2, 0.25) is 0 Å². The fourth-order valence-corrected chi connectivity index (χ4v) is 2.87. The zero-order chi connectivity index (χ0) is 16.2. The molecule has 0 saturated heterocycles. The minimum Gasteiger partial charge on any atom is -0.511 e. The molecule has 1 aliphatic rings. The number of allylic oxidation sites excluding steroid dienone is 2. The number of aliphatic imine (C=N–C) groups is 1. The molecule has 0 amide bonds. The standard InChI is InChI=1S/C19H25NO2/c1-4-10-20-15(11-14-8-6-5-7-9-14)18-16(21)12-19(2,3)13-17(18)22/h5-9,21H,4,10-13H2,1-3H3. The largest absolute Gasteiger partial charge is 0.511 e. The monoisotopic (exact) mass is 299 g/mol. The lowest BCUT2D eigenvalue weighted by Crippen LogP contribution is -2.30. The number of ketones is 1. The van der Waals surface area contributed by atoms with E-state index in [0.717, 1.165) is 17.7 Å². The first-order valence-corrected chi connectivity index (χ1v) is 7.96. The SMILES string of the molecule is CCCN=C(Cc1ccccc1)C1=C(O)CC(C)(C)CC1=O. The average molecular weight is 299 g/mol. The van der Waals surface area contributed by atoms with Gasteiger partial charge in [-0.15, -0.1) is 0 Å². The highest BCUT2D eigenvalue weighted by Crippen LogP contribution is 2.36. The second-order valence-electron chi connectivity index (χ2n) is 6.75. The van der Waals surface area contributed by atoms with Crippen molar-refractivity contribution in [1.82, 2.24) is 0 Å². The Morgan fingerprint density at radius 3 is 2.50 bits per heavy atom. The summed E-state index contributed by atoms with van der Waals surface area (Å²) in [6.07, 6.45) is 2.51. The number of benzene rings is 1. The van der Waals surface area contributed by atoms with E-state index in [9.17, 15) is 9.90 Å². The summed E-state index contributed by atoms with van der Waals surface area (Å²) in [4.78, 5) is 17.1. The van der Waals surface area contributed by atoms with Crippen LogP contribution in [0.5, 0.6) is 0 Å². The van der Waals surface area contributed by atoms with Crippen LogP contribution in [0.4, 0.5) is 0 Å². The van der Waals surface area contributed by atoms with Crippen LogP contribution in [0.15, 0.2) is 46.7 Å². The summed E-state index contributed by atoms with van der Waals surface area (Å²) in [5, 5.41) is 10.4. The first kappa shape index (κ1) is 16.5. The molecule has 1 N–H and O–H groups in total. The lowest BCUT2D eigenvalue weighted by atomic mass is 9.75. The first-order chi connectivity index (χ1) is 10.4. The molecule has 0 unspecified atom stereocenters. The van der Waals surface area contributed by atoms with E-state index >= 15 is 0 Å². The van der Waals surface area contributed by atoms with Crippen molar-refractivity contribution in [2.45, 2.75) is 46.5 Å². The molecular weight excluding hydrogens is 274 g/mol. The number of hydrogen-bond acceptors (Lipinski definition) is 3. The van der Waals surface area contributed by atoms with E-state index in [1.165, 1.54) is 0 Å². The number of rotatable bonds is 5. The lowest BCUT2D eigenvalue weighted by Gasteiger charge is -2.30. The Balaban J connectivity index is 2.35. The summed E-state index contributed by atoms with van der Waals surface area (Å²) in [6.45, 7) is 6.76. The third-order valence-corrected chi connectivity index (χ3v) is 3.88. The van der Waals surface area contributed by atoms with Crippen LogP contribution in [-0.2, 0) is 11.2 Å². The van der Waals surface area contributed by atoms with Crippen molar-refractivity contribution < 1.29 is 9.90 Å². The Hall–Kier alpha value is -1.90. The molecule has 1 aromatic rings. The fourth-order valence-electron chi connectivity index (χ4n) is 2.87. The van der Waals surface area contributed by atoms with Crippen molar-refractivity contribution >= 4 is 11.5 Å². The summed E-state index contributed by atoms with van der Waals surface area (Å²) >= 11 is 0. The van der Waals surface area contributed by atoms with Crippen LogP contribution >= 0.6 is 0 Å². The third-order valence-electron chi connectivity index (χ3n) is 3.88. The molecule has 2 rings (SSSR count). The zero-order valence-corrected chi connectivity index (χ0v) is 13.7. The van der Waals surface area contributed by atoms with Gasteiger partial charge in [-0.25, -0.2) is 0 Å². The van der Waals surface area contributed by atoms with Gasteiger partial charge in [-0.05, 0) is 17.4 Å². The van der Waals surface area contributed by atoms with Gasteiger partial charge in [0.15, 0.2) is 5.78 Å². The summed E-state index contributed by atoms with van der Waals surface area (Å²) in [6, 6.07) is 9.98. The Bertz CT molecular complexity index is 597. The van der Waals surface area contributed by atoms with Crippen LogP contribution in [-0.4, -0.2) is 23.1 Å². The van der Waals surface area contributed by atoms with Crippen LogP contribution in [0.25, 0.3) is 0 Å². The Kier molecular flexibility index (Phi) is 5.17. The molecule has 0 heterocycles. The molecule has 1 aromatic carbocycles. The molecule has 1 aliphatic carbocycles. The van der Waals surface area contributed by atoms with Gasteiger partial charge in [-0.1, -0.05) is 51.1 Å². The highest BCUT2D eigenvalue weighted by atomic mass is 16.3. The van der Waals surface area contributed by atoms with E-state index in [2.05, 4.69) is 11.9 Å². The van der Waals surface area contributed by atoms with E-state index in [1.807, 2.05) is 44.2 Å². The Labute approximate surface area is 132 Å². The quantitative estimate of drug-likeness (QED) is 0.825. The molecule has 0 spiro atoms. The molecule has 3 heteroatoms. The van der Waals surface area contributed by atoms with Gasteiger partial charge in [0.05, 0.1) is 11.3 Å². The van der Waals surface area contributed by atoms with Gasteiger partial charge in [-0.3, -0.25) is 9.79 Å². The number of nitrogens with zero attached hydrogens (tertiary/aromatic N) is 1. The maximum Gasteiger partial charge on any atom is 0.168 e. The van der Waals surface area contributed by atoms with Gasteiger partial charge >= 0.3 is 0 Å². The van der Waals surface area contributed by atoms with Crippen LogP contribution in [0.1, 0.15) is 45.6 Å². The highest BCUT2D eigenvalue weighted by molar-refractivity contribution is 6.23. The minimum atomic E-state index is -0.173. The normalized spacial score (nSPS) is 18.7.